The van der Waals surface area contributed by atoms with Crippen molar-refractivity contribution < 1.29 is 41.0 Å². The van der Waals surface area contributed by atoms with Crippen LogP contribution in [0.2, 0.25) is 0 Å². The largest absolute Gasteiger partial charge is 0.573 e. The van der Waals surface area contributed by atoms with Crippen molar-refractivity contribution in [3.63, 3.8) is 0 Å². The second-order valence-corrected chi connectivity index (χ2v) is 8.43. The zero-order valence-electron chi connectivity index (χ0n) is 15.9. The molecule has 1 heterocycles. The lowest BCUT2D eigenvalue weighted by Crippen LogP contribution is -2.18. The van der Waals surface area contributed by atoms with Crippen molar-refractivity contribution in [3.05, 3.63) is 76.5 Å². The number of ether oxygens (including phenoxy) is 1. The van der Waals surface area contributed by atoms with Gasteiger partial charge in [-0.3, -0.25) is 9.52 Å². The molecule has 0 atom stereocenters. The molecule has 0 saturated carbocycles. The summed E-state index contributed by atoms with van der Waals surface area (Å²) in [6.07, 6.45) is -4.77. The molecule has 1 aromatic heterocycles. The molecule has 13 heteroatoms. The first-order valence-electron chi connectivity index (χ1n) is 8.43. The first-order valence-corrected chi connectivity index (χ1v) is 10.8. The molecular weight excluding hydrogens is 473 g/mol. The van der Waals surface area contributed by atoms with Gasteiger partial charge in [-0.05, 0) is 41.8 Å². The van der Waals surface area contributed by atoms with E-state index >= 15 is 0 Å². The van der Waals surface area contributed by atoms with Gasteiger partial charge in [0.2, 0.25) is 5.91 Å². The number of halogens is 3. The van der Waals surface area contributed by atoms with Gasteiger partial charge in [-0.25, -0.2) is 13.2 Å². The van der Waals surface area contributed by atoms with Gasteiger partial charge in [-0.2, -0.15) is 0 Å². The van der Waals surface area contributed by atoms with Crippen LogP contribution in [0, 0.1) is 0 Å². The smallest absolute Gasteiger partial charge is 0.477 e. The lowest BCUT2D eigenvalue weighted by molar-refractivity contribution is -0.274. The van der Waals surface area contributed by atoms with Crippen LogP contribution in [0.1, 0.15) is 20.0 Å². The number of nitrogens with two attached hydrogens (primary N) is 1. The Bertz CT molecular complexity index is 1200. The number of hydrogen-bond acceptors (Lipinski definition) is 6. The molecule has 0 unspecified atom stereocenters. The normalized spacial score (nSPS) is 11.1. The number of anilines is 1. The summed E-state index contributed by atoms with van der Waals surface area (Å²) in [4.78, 5) is 21.5. The fourth-order valence-corrected chi connectivity index (χ4v) is 4.05. The van der Waals surface area contributed by atoms with Crippen LogP contribution in [0.3, 0.4) is 0 Å². The Morgan fingerprint density at radius 1 is 1.03 bits per heavy atom. The zero-order chi connectivity index (χ0) is 23.9. The molecule has 0 spiro atoms. The highest BCUT2D eigenvalue weighted by molar-refractivity contribution is 7.92. The number of carbonyl (C=O) groups is 2. The summed E-state index contributed by atoms with van der Waals surface area (Å²) >= 11 is 0.967. The lowest BCUT2D eigenvalue weighted by Gasteiger charge is -2.08. The molecule has 170 valence electrons. The third-order valence-electron chi connectivity index (χ3n) is 3.51. The average molecular weight is 488 g/mol. The fourth-order valence-electron chi connectivity index (χ4n) is 2.21. The van der Waals surface area contributed by atoms with Crippen LogP contribution >= 0.6 is 11.3 Å². The van der Waals surface area contributed by atoms with Gasteiger partial charge in [0.05, 0.1) is 10.6 Å². The Morgan fingerprint density at radius 2 is 1.69 bits per heavy atom. The molecule has 0 aliphatic carbocycles. The average Bonchev–Trinajstić information content (AvgIpc) is 3.16. The second kappa shape index (κ2) is 10.2. The molecule has 0 aliphatic heterocycles. The maximum absolute atomic E-state index is 12.0. The fraction of sp³-hybridized carbons (Fsp3) is 0.0526. The van der Waals surface area contributed by atoms with Crippen LogP contribution in [0.25, 0.3) is 0 Å². The number of sulfonamides is 1. The van der Waals surface area contributed by atoms with E-state index in [4.69, 9.17) is 10.8 Å². The summed E-state index contributed by atoms with van der Waals surface area (Å²) in [5.41, 5.74) is 4.92. The molecule has 0 fully saturated rings. The third-order valence-corrected chi connectivity index (χ3v) is 5.79. The number of rotatable bonds is 6. The van der Waals surface area contributed by atoms with E-state index in [1.807, 2.05) is 0 Å². The molecule has 1 amide bonds. The second-order valence-electron chi connectivity index (χ2n) is 5.83. The van der Waals surface area contributed by atoms with Crippen molar-refractivity contribution in [3.8, 4) is 5.75 Å². The number of amides is 1. The quantitative estimate of drug-likeness (QED) is 0.481. The predicted molar refractivity (Wildman–Crippen MR) is 110 cm³/mol. The molecule has 0 bridgehead atoms. The predicted octanol–water partition coefficient (Wildman–Crippen LogP) is 3.93. The summed E-state index contributed by atoms with van der Waals surface area (Å²) in [5, 5.41) is 10.4. The number of benzene rings is 2. The van der Waals surface area contributed by atoms with E-state index in [0.717, 1.165) is 23.5 Å². The number of thiophene rings is 1. The van der Waals surface area contributed by atoms with Crippen molar-refractivity contribution in [2.75, 3.05) is 4.72 Å². The first-order chi connectivity index (χ1) is 14.9. The highest BCUT2D eigenvalue weighted by Crippen LogP contribution is 2.25. The Balaban J connectivity index is 0.000000235. The van der Waals surface area contributed by atoms with Crippen LogP contribution in [0.5, 0.6) is 5.75 Å². The monoisotopic (exact) mass is 488 g/mol. The lowest BCUT2D eigenvalue weighted by atomic mass is 10.2. The number of hydrogen-bond donors (Lipinski definition) is 3. The number of aromatic carboxylic acids is 1. The maximum atomic E-state index is 12.0. The summed E-state index contributed by atoms with van der Waals surface area (Å²) < 4.78 is 65.0. The van der Waals surface area contributed by atoms with Crippen LogP contribution in [-0.2, 0) is 10.0 Å². The van der Waals surface area contributed by atoms with Crippen LogP contribution in [-0.4, -0.2) is 31.8 Å². The molecule has 0 radical (unpaired) electrons. The molecule has 0 saturated heterocycles. The Hall–Kier alpha value is -3.58. The minimum Gasteiger partial charge on any atom is -0.477 e. The van der Waals surface area contributed by atoms with Gasteiger partial charge in [-0.15, -0.1) is 24.5 Å². The summed E-state index contributed by atoms with van der Waals surface area (Å²) in [6.45, 7) is 0. The summed E-state index contributed by atoms with van der Waals surface area (Å²) in [6, 6.07) is 13.8. The van der Waals surface area contributed by atoms with Crippen LogP contribution < -0.4 is 15.2 Å². The van der Waals surface area contributed by atoms with Gasteiger partial charge in [0.1, 0.15) is 10.6 Å². The molecule has 3 aromatic rings. The SMILES string of the molecule is NC(=O)c1cccc(OC(F)(F)F)c1.O=C(O)c1sccc1NS(=O)(=O)c1ccccc1. The van der Waals surface area contributed by atoms with Crippen molar-refractivity contribution in [1.29, 1.82) is 0 Å². The molecule has 3 rings (SSSR count). The number of alkyl halides is 3. The molecule has 8 nitrogen and oxygen atoms in total. The van der Waals surface area contributed by atoms with Gasteiger partial charge < -0.3 is 15.6 Å². The highest BCUT2D eigenvalue weighted by Gasteiger charge is 2.31. The van der Waals surface area contributed by atoms with E-state index in [1.54, 1.807) is 18.2 Å². The van der Waals surface area contributed by atoms with E-state index in [-0.39, 0.29) is 21.0 Å². The minimum atomic E-state index is -4.77. The summed E-state index contributed by atoms with van der Waals surface area (Å²) in [7, 11) is -3.75. The topological polar surface area (TPSA) is 136 Å². The van der Waals surface area contributed by atoms with E-state index in [1.165, 1.54) is 35.7 Å². The van der Waals surface area contributed by atoms with Crippen LogP contribution in [0.4, 0.5) is 18.9 Å². The number of carboxylic acids is 1. The van der Waals surface area contributed by atoms with Gasteiger partial charge in [0, 0.05) is 5.56 Å². The van der Waals surface area contributed by atoms with E-state index in [0.29, 0.717) is 0 Å². The molecule has 32 heavy (non-hydrogen) atoms. The molecule has 2 aromatic carbocycles. The molecule has 0 aliphatic rings. The minimum absolute atomic E-state index is 0.0329. The first kappa shape index (κ1) is 24.7. The van der Waals surface area contributed by atoms with Crippen LogP contribution in [0.15, 0.2) is 70.9 Å². The van der Waals surface area contributed by atoms with Gasteiger partial charge in [-0.1, -0.05) is 24.3 Å². The Kier molecular flexibility index (Phi) is 7.83. The standard InChI is InChI=1S/C11H9NO4S2.C8H6F3NO2/c13-11(14)10-9(6-7-17-10)12-18(15,16)8-4-2-1-3-5-8;9-8(10,11)14-6-3-1-2-5(4-6)7(12)13/h1-7,12H,(H,13,14);1-4H,(H2,12,13). The molecular formula is C19H15F3N2O6S2. The van der Waals surface area contributed by atoms with Crippen molar-refractivity contribution in [2.24, 2.45) is 5.73 Å². The van der Waals surface area contributed by atoms with E-state index < -0.39 is 34.0 Å². The Morgan fingerprint density at radius 3 is 2.25 bits per heavy atom. The summed E-state index contributed by atoms with van der Waals surface area (Å²) in [5.74, 6) is -2.43. The van der Waals surface area contributed by atoms with E-state index in [9.17, 15) is 31.2 Å². The maximum Gasteiger partial charge on any atom is 0.573 e. The van der Waals surface area contributed by atoms with Gasteiger partial charge in [0.15, 0.2) is 0 Å². The number of carbonyl (C=O) groups excluding carboxylic acids is 1. The number of carboxylic acid groups (broad SMARTS) is 1. The third kappa shape index (κ3) is 7.28. The van der Waals surface area contributed by atoms with Gasteiger partial charge in [0.25, 0.3) is 10.0 Å². The number of primary amides is 1. The zero-order valence-corrected chi connectivity index (χ0v) is 17.5. The number of nitrogens with one attached hydrogen (secondary N) is 1. The highest BCUT2D eigenvalue weighted by atomic mass is 32.2. The molecule has 4 N–H and O–H groups in total. The van der Waals surface area contributed by atoms with Crippen molar-refractivity contribution in [2.45, 2.75) is 11.3 Å². The van der Waals surface area contributed by atoms with Crippen molar-refractivity contribution in [1.82, 2.24) is 0 Å². The Labute approximate surface area is 184 Å². The van der Waals surface area contributed by atoms with Gasteiger partial charge >= 0.3 is 12.3 Å². The van der Waals surface area contributed by atoms with Crippen molar-refractivity contribution >= 4 is 38.9 Å². The van der Waals surface area contributed by atoms with E-state index in [2.05, 4.69) is 9.46 Å².